The van der Waals surface area contributed by atoms with Crippen molar-refractivity contribution in [3.63, 3.8) is 0 Å². The van der Waals surface area contributed by atoms with Gasteiger partial charge in [-0.3, -0.25) is 4.79 Å². The Morgan fingerprint density at radius 3 is 2.50 bits per heavy atom. The summed E-state index contributed by atoms with van der Waals surface area (Å²) in [5, 5.41) is 0.0362. The van der Waals surface area contributed by atoms with Crippen LogP contribution >= 0.6 is 27.5 Å². The van der Waals surface area contributed by atoms with Crippen molar-refractivity contribution in [2.24, 2.45) is 0 Å². The minimum Gasteiger partial charge on any atom is -0.286 e. The maximum atomic E-state index is 12.6. The molecule has 0 amide bonds. The van der Waals surface area contributed by atoms with Gasteiger partial charge in [-0.15, -0.1) is 0 Å². The van der Waals surface area contributed by atoms with E-state index >= 15 is 0 Å². The lowest BCUT2D eigenvalue weighted by Crippen LogP contribution is -2.21. The van der Waals surface area contributed by atoms with Crippen molar-refractivity contribution in [2.75, 3.05) is 0 Å². The summed E-state index contributed by atoms with van der Waals surface area (Å²) in [5.41, 5.74) is 0.628. The molecule has 0 N–H and O–H groups in total. The minimum atomic E-state index is -3.56. The van der Waals surface area contributed by atoms with Crippen LogP contribution < -0.4 is 0 Å². The van der Waals surface area contributed by atoms with E-state index in [1.165, 1.54) is 12.1 Å². The Kier molecular flexibility index (Phi) is 3.27. The van der Waals surface area contributed by atoms with E-state index in [1.807, 2.05) is 15.9 Å². The highest BCUT2D eigenvalue weighted by Gasteiger charge is 2.36. The van der Waals surface area contributed by atoms with Gasteiger partial charge in [-0.1, -0.05) is 17.7 Å². The van der Waals surface area contributed by atoms with E-state index < -0.39 is 10.6 Å². The largest absolute Gasteiger partial charge is 0.363 e. The van der Waals surface area contributed by atoms with Crippen molar-refractivity contribution < 1.29 is 13.6 Å². The first kappa shape index (κ1) is 11.6. The van der Waals surface area contributed by atoms with Crippen molar-refractivity contribution in [2.45, 2.75) is 11.8 Å². The van der Waals surface area contributed by atoms with Crippen molar-refractivity contribution in [3.8, 4) is 0 Å². The van der Waals surface area contributed by atoms with Gasteiger partial charge in [0.2, 0.25) is 5.78 Å². The van der Waals surface area contributed by atoms with E-state index in [0.29, 0.717) is 0 Å². The average Bonchev–Trinajstić information content (AvgIpc) is 2.01. The Morgan fingerprint density at radius 2 is 2.07 bits per heavy atom. The summed E-state index contributed by atoms with van der Waals surface area (Å²) in [6.45, 7) is 1.76. The Labute approximate surface area is 93.2 Å². The number of benzene rings is 1. The number of alkyl halides is 3. The highest BCUT2D eigenvalue weighted by atomic mass is 79.9. The molecular formula is C9H6BrClF2O. The summed E-state index contributed by atoms with van der Waals surface area (Å²) in [6.07, 6.45) is 0. The number of Topliss-reactive ketones (excluding diaryl/α,β-unsaturated/α-hetero) is 1. The average molecular weight is 283 g/mol. The number of halogens is 4. The fraction of sp³-hybridized carbons (Fsp3) is 0.222. The summed E-state index contributed by atoms with van der Waals surface area (Å²) in [5.74, 6) is -1.33. The third kappa shape index (κ3) is 2.51. The Morgan fingerprint density at radius 1 is 1.50 bits per heavy atom. The molecule has 0 aromatic heterocycles. The van der Waals surface area contributed by atoms with Crippen LogP contribution in [0.4, 0.5) is 8.78 Å². The quantitative estimate of drug-likeness (QED) is 0.596. The number of carbonyl (C=O) groups excluding carboxylic acids is 1. The van der Waals surface area contributed by atoms with Gasteiger partial charge in [-0.2, -0.15) is 8.78 Å². The van der Waals surface area contributed by atoms with E-state index in [0.717, 1.165) is 5.56 Å². The molecule has 0 bridgehead atoms. The van der Waals surface area contributed by atoms with Gasteiger partial charge in [0.1, 0.15) is 0 Å². The van der Waals surface area contributed by atoms with Crippen LogP contribution in [0.1, 0.15) is 15.9 Å². The second-order valence-electron chi connectivity index (χ2n) is 2.81. The molecule has 0 atom stereocenters. The summed E-state index contributed by atoms with van der Waals surface area (Å²) in [6, 6.07) is 4.31. The van der Waals surface area contributed by atoms with Crippen LogP contribution in [-0.4, -0.2) is 10.6 Å². The van der Waals surface area contributed by atoms with Crippen molar-refractivity contribution in [1.82, 2.24) is 0 Å². The van der Waals surface area contributed by atoms with Gasteiger partial charge in [0, 0.05) is 5.56 Å². The standard InChI is InChI=1S/C9H6BrClF2O/c1-5-2-3-6(7(11)4-5)8(14)9(10,12)13/h2-4H,1H3. The molecule has 0 aliphatic carbocycles. The predicted octanol–water partition coefficient (Wildman–Crippen LogP) is 3.82. The van der Waals surface area contributed by atoms with Gasteiger partial charge < -0.3 is 0 Å². The highest BCUT2D eigenvalue weighted by Crippen LogP contribution is 2.30. The number of ketones is 1. The molecule has 1 nitrogen and oxygen atoms in total. The van der Waals surface area contributed by atoms with Crippen LogP contribution in [0.5, 0.6) is 0 Å². The predicted molar refractivity (Wildman–Crippen MR) is 54.4 cm³/mol. The normalized spacial score (nSPS) is 11.5. The molecule has 0 heterocycles. The molecule has 0 saturated carbocycles. The van der Waals surface area contributed by atoms with Gasteiger partial charge in [0.05, 0.1) is 5.02 Å². The minimum absolute atomic E-state index is 0.0362. The summed E-state index contributed by atoms with van der Waals surface area (Å²) < 4.78 is 25.2. The fourth-order valence-electron chi connectivity index (χ4n) is 0.957. The molecule has 5 heteroatoms. The van der Waals surface area contributed by atoms with Crippen LogP contribution in [0.15, 0.2) is 18.2 Å². The summed E-state index contributed by atoms with van der Waals surface area (Å²) in [7, 11) is 0. The fourth-order valence-corrected chi connectivity index (χ4v) is 1.49. The first-order valence-electron chi connectivity index (χ1n) is 3.70. The van der Waals surface area contributed by atoms with Gasteiger partial charge in [0.15, 0.2) is 0 Å². The molecule has 0 spiro atoms. The number of hydrogen-bond donors (Lipinski definition) is 0. The van der Waals surface area contributed by atoms with Gasteiger partial charge in [-0.05, 0) is 40.5 Å². The Balaban J connectivity index is 3.15. The van der Waals surface area contributed by atoms with E-state index in [1.54, 1.807) is 13.0 Å². The molecule has 0 aliphatic rings. The summed E-state index contributed by atoms with van der Waals surface area (Å²) >= 11 is 7.65. The SMILES string of the molecule is Cc1ccc(C(=O)C(F)(F)Br)c(Cl)c1. The van der Waals surface area contributed by atoms with Gasteiger partial charge in [0.25, 0.3) is 0 Å². The number of hydrogen-bond acceptors (Lipinski definition) is 1. The molecule has 0 fully saturated rings. The van der Waals surface area contributed by atoms with Crippen LogP contribution in [0.25, 0.3) is 0 Å². The lowest BCUT2D eigenvalue weighted by Gasteiger charge is -2.08. The molecule has 14 heavy (non-hydrogen) atoms. The third-order valence-electron chi connectivity index (χ3n) is 1.63. The topological polar surface area (TPSA) is 17.1 Å². The molecule has 0 unspecified atom stereocenters. The molecule has 1 aromatic carbocycles. The van der Waals surface area contributed by atoms with E-state index in [2.05, 4.69) is 0 Å². The second-order valence-corrected chi connectivity index (χ2v) is 4.21. The second kappa shape index (κ2) is 3.95. The van der Waals surface area contributed by atoms with Crippen molar-refractivity contribution in [1.29, 1.82) is 0 Å². The van der Waals surface area contributed by atoms with Crippen LogP contribution in [0.2, 0.25) is 5.02 Å². The zero-order chi connectivity index (χ0) is 10.9. The first-order chi connectivity index (χ1) is 6.32. The molecule has 76 valence electrons. The lowest BCUT2D eigenvalue weighted by molar-refractivity contribution is 0.0593. The molecule has 0 aliphatic heterocycles. The van der Waals surface area contributed by atoms with Crippen molar-refractivity contribution >= 4 is 33.3 Å². The third-order valence-corrected chi connectivity index (χ3v) is 2.30. The highest BCUT2D eigenvalue weighted by molar-refractivity contribution is 9.10. The maximum absolute atomic E-state index is 12.6. The molecule has 1 aromatic rings. The number of carbonyl (C=O) groups is 1. The monoisotopic (exact) mass is 282 g/mol. The van der Waals surface area contributed by atoms with E-state index in [9.17, 15) is 13.6 Å². The van der Waals surface area contributed by atoms with Crippen LogP contribution in [0.3, 0.4) is 0 Å². The zero-order valence-electron chi connectivity index (χ0n) is 7.15. The smallest absolute Gasteiger partial charge is 0.286 e. The van der Waals surface area contributed by atoms with E-state index in [4.69, 9.17) is 11.6 Å². The van der Waals surface area contributed by atoms with Crippen molar-refractivity contribution in [3.05, 3.63) is 34.3 Å². The number of aryl methyl sites for hydroxylation is 1. The lowest BCUT2D eigenvalue weighted by atomic mass is 10.1. The molecule has 0 radical (unpaired) electrons. The Hall–Kier alpha value is -0.480. The maximum Gasteiger partial charge on any atom is 0.363 e. The molecule has 1 rings (SSSR count). The number of rotatable bonds is 2. The molecular weight excluding hydrogens is 277 g/mol. The molecule has 0 saturated heterocycles. The Bertz CT molecular complexity index is 374. The van der Waals surface area contributed by atoms with Gasteiger partial charge in [-0.25, -0.2) is 0 Å². The van der Waals surface area contributed by atoms with Crippen LogP contribution in [0, 0.1) is 6.92 Å². The van der Waals surface area contributed by atoms with Crippen LogP contribution in [-0.2, 0) is 0 Å². The van der Waals surface area contributed by atoms with E-state index in [-0.39, 0.29) is 10.6 Å². The van der Waals surface area contributed by atoms with Gasteiger partial charge >= 0.3 is 4.83 Å². The first-order valence-corrected chi connectivity index (χ1v) is 4.87. The summed E-state index contributed by atoms with van der Waals surface area (Å²) in [4.78, 5) is 7.55. The zero-order valence-corrected chi connectivity index (χ0v) is 9.49.